The van der Waals surface area contributed by atoms with E-state index in [1.54, 1.807) is 14.2 Å². The van der Waals surface area contributed by atoms with E-state index in [2.05, 4.69) is 0 Å². The number of carbonyl (C=O) groups excluding carboxylic acids is 1. The first-order valence-corrected chi connectivity index (χ1v) is 11.3. The third kappa shape index (κ3) is 5.38. The molecule has 0 bridgehead atoms. The summed E-state index contributed by atoms with van der Waals surface area (Å²) in [4.78, 5) is 11.0. The molecule has 1 saturated heterocycles. The second-order valence-corrected chi connectivity index (χ2v) is 9.27. The topological polar surface area (TPSA) is 76.2 Å². The van der Waals surface area contributed by atoms with Gasteiger partial charge in [-0.2, -0.15) is 17.0 Å². The van der Waals surface area contributed by atoms with E-state index in [0.29, 0.717) is 25.9 Å². The molecular formula is C22H28N2O5S. The van der Waals surface area contributed by atoms with Gasteiger partial charge >= 0.3 is 0 Å². The Morgan fingerprint density at radius 1 is 0.900 bits per heavy atom. The molecule has 0 atom stereocenters. The number of benzene rings is 2. The van der Waals surface area contributed by atoms with Crippen LogP contribution in [0.4, 0.5) is 0 Å². The number of aldehydes is 1. The number of methoxy groups -OCH3 is 2. The van der Waals surface area contributed by atoms with Gasteiger partial charge in [0.1, 0.15) is 17.8 Å². The Balaban J connectivity index is 1.83. The first-order chi connectivity index (χ1) is 14.5. The predicted molar refractivity (Wildman–Crippen MR) is 115 cm³/mol. The third-order valence-electron chi connectivity index (χ3n) is 5.38. The Labute approximate surface area is 178 Å². The summed E-state index contributed by atoms with van der Waals surface area (Å²) in [5, 5.41) is 0. The lowest BCUT2D eigenvalue weighted by Crippen LogP contribution is -2.46. The van der Waals surface area contributed by atoms with Crippen LogP contribution in [-0.2, 0) is 28.1 Å². The summed E-state index contributed by atoms with van der Waals surface area (Å²) in [6.45, 7) is 1.19. The molecule has 0 aliphatic carbocycles. The molecule has 0 radical (unpaired) electrons. The van der Waals surface area contributed by atoms with Gasteiger partial charge in [0.25, 0.3) is 10.2 Å². The van der Waals surface area contributed by atoms with Crippen molar-refractivity contribution in [3.8, 4) is 11.5 Å². The van der Waals surface area contributed by atoms with Crippen molar-refractivity contribution >= 4 is 16.5 Å². The molecule has 0 spiro atoms. The summed E-state index contributed by atoms with van der Waals surface area (Å²) >= 11 is 0. The Kier molecular flexibility index (Phi) is 7.47. The fraction of sp³-hybridized carbons (Fsp3) is 0.409. The molecule has 1 aliphatic rings. The molecule has 1 fully saturated rings. The van der Waals surface area contributed by atoms with Gasteiger partial charge in [-0.25, -0.2) is 0 Å². The third-order valence-corrected chi connectivity index (χ3v) is 7.31. The fourth-order valence-electron chi connectivity index (χ4n) is 3.49. The molecule has 30 heavy (non-hydrogen) atoms. The summed E-state index contributed by atoms with van der Waals surface area (Å²) in [6, 6.07) is 14.8. The highest BCUT2D eigenvalue weighted by molar-refractivity contribution is 7.86. The highest BCUT2D eigenvalue weighted by atomic mass is 32.2. The van der Waals surface area contributed by atoms with Crippen LogP contribution < -0.4 is 9.47 Å². The van der Waals surface area contributed by atoms with Crippen molar-refractivity contribution in [1.29, 1.82) is 0 Å². The zero-order valence-electron chi connectivity index (χ0n) is 17.4. The van der Waals surface area contributed by atoms with Gasteiger partial charge in [0, 0.05) is 32.1 Å². The first kappa shape index (κ1) is 22.3. The van der Waals surface area contributed by atoms with Crippen molar-refractivity contribution in [3.05, 3.63) is 59.7 Å². The quantitative estimate of drug-likeness (QED) is 0.570. The standard InChI is InChI=1S/C22H28N2O5S/c1-28-21-7-3-18(4-8-21)15-24(16-19-5-9-22(29-2)10-6-19)30(26,27)23-13-11-20(17-25)12-14-23/h3-10,17,20H,11-16H2,1-2H3. The fourth-order valence-corrected chi connectivity index (χ4v) is 5.12. The van der Waals surface area contributed by atoms with Gasteiger partial charge in [-0.1, -0.05) is 24.3 Å². The maximum atomic E-state index is 13.4. The summed E-state index contributed by atoms with van der Waals surface area (Å²) in [6.07, 6.45) is 2.04. The zero-order chi connectivity index (χ0) is 21.6. The minimum atomic E-state index is -3.70. The zero-order valence-corrected chi connectivity index (χ0v) is 18.2. The monoisotopic (exact) mass is 432 g/mol. The van der Waals surface area contributed by atoms with Crippen LogP contribution in [0.1, 0.15) is 24.0 Å². The van der Waals surface area contributed by atoms with Gasteiger partial charge in [-0.15, -0.1) is 0 Å². The van der Waals surface area contributed by atoms with Crippen LogP contribution in [0, 0.1) is 5.92 Å². The Hall–Kier alpha value is -2.42. The Bertz CT molecular complexity index is 872. The second kappa shape index (κ2) is 10.1. The van der Waals surface area contributed by atoms with Crippen molar-refractivity contribution in [2.45, 2.75) is 25.9 Å². The van der Waals surface area contributed by atoms with Gasteiger partial charge < -0.3 is 14.3 Å². The summed E-state index contributed by atoms with van der Waals surface area (Å²) in [5.74, 6) is 1.38. The van der Waals surface area contributed by atoms with E-state index >= 15 is 0 Å². The lowest BCUT2D eigenvalue weighted by Gasteiger charge is -2.33. The number of ether oxygens (including phenoxy) is 2. The van der Waals surface area contributed by atoms with E-state index in [4.69, 9.17) is 9.47 Å². The highest BCUT2D eigenvalue weighted by Crippen LogP contribution is 2.24. The van der Waals surface area contributed by atoms with Crippen LogP contribution in [0.2, 0.25) is 0 Å². The Morgan fingerprint density at radius 2 is 1.33 bits per heavy atom. The molecule has 162 valence electrons. The highest BCUT2D eigenvalue weighted by Gasteiger charge is 2.33. The molecule has 7 nitrogen and oxygen atoms in total. The van der Waals surface area contributed by atoms with Crippen LogP contribution in [0.25, 0.3) is 0 Å². The van der Waals surface area contributed by atoms with Gasteiger partial charge in [-0.05, 0) is 48.2 Å². The van der Waals surface area contributed by atoms with Gasteiger partial charge in [0.2, 0.25) is 0 Å². The minimum Gasteiger partial charge on any atom is -0.497 e. The number of piperidine rings is 1. The summed E-state index contributed by atoms with van der Waals surface area (Å²) in [7, 11) is -0.504. The molecular weight excluding hydrogens is 404 g/mol. The van der Waals surface area contributed by atoms with Crippen LogP contribution in [0.15, 0.2) is 48.5 Å². The SMILES string of the molecule is COc1ccc(CN(Cc2ccc(OC)cc2)S(=O)(=O)N2CCC(C=O)CC2)cc1. The first-order valence-electron chi connectivity index (χ1n) is 9.92. The molecule has 2 aromatic rings. The smallest absolute Gasteiger partial charge is 0.282 e. The molecule has 0 aromatic heterocycles. The van der Waals surface area contributed by atoms with Crippen molar-refractivity contribution in [2.75, 3.05) is 27.3 Å². The lowest BCUT2D eigenvalue weighted by atomic mass is 10.0. The molecule has 1 heterocycles. The molecule has 0 N–H and O–H groups in total. The number of rotatable bonds is 9. The number of carbonyl (C=O) groups is 1. The van der Waals surface area contributed by atoms with Crippen LogP contribution >= 0.6 is 0 Å². The average Bonchev–Trinajstić information content (AvgIpc) is 2.79. The van der Waals surface area contributed by atoms with Crippen LogP contribution in [-0.4, -0.2) is 50.6 Å². The van der Waals surface area contributed by atoms with Crippen molar-refractivity contribution in [3.63, 3.8) is 0 Å². The molecule has 8 heteroatoms. The van der Waals surface area contributed by atoms with Gasteiger partial charge in [0.05, 0.1) is 14.2 Å². The van der Waals surface area contributed by atoms with Crippen molar-refractivity contribution < 1.29 is 22.7 Å². The van der Waals surface area contributed by atoms with Gasteiger partial charge in [-0.3, -0.25) is 0 Å². The molecule has 2 aromatic carbocycles. The molecule has 0 saturated carbocycles. The van der Waals surface area contributed by atoms with Crippen molar-refractivity contribution in [2.24, 2.45) is 5.92 Å². The average molecular weight is 433 g/mol. The van der Waals surface area contributed by atoms with E-state index in [9.17, 15) is 13.2 Å². The predicted octanol–water partition coefficient (Wildman–Crippen LogP) is 2.86. The summed E-state index contributed by atoms with van der Waals surface area (Å²) < 4.78 is 40.3. The van der Waals surface area contributed by atoms with Crippen LogP contribution in [0.5, 0.6) is 11.5 Å². The van der Waals surface area contributed by atoms with E-state index < -0.39 is 10.2 Å². The molecule has 1 aliphatic heterocycles. The van der Waals surface area contributed by atoms with E-state index in [-0.39, 0.29) is 19.0 Å². The van der Waals surface area contributed by atoms with E-state index in [0.717, 1.165) is 28.9 Å². The van der Waals surface area contributed by atoms with E-state index in [1.807, 2.05) is 48.5 Å². The van der Waals surface area contributed by atoms with E-state index in [1.165, 1.54) is 8.61 Å². The molecule has 0 amide bonds. The maximum Gasteiger partial charge on any atom is 0.282 e. The lowest BCUT2D eigenvalue weighted by molar-refractivity contribution is -0.112. The maximum absolute atomic E-state index is 13.4. The number of hydrogen-bond donors (Lipinski definition) is 0. The summed E-state index contributed by atoms with van der Waals surface area (Å²) in [5.41, 5.74) is 1.74. The molecule has 3 rings (SSSR count). The largest absolute Gasteiger partial charge is 0.497 e. The van der Waals surface area contributed by atoms with Crippen molar-refractivity contribution in [1.82, 2.24) is 8.61 Å². The second-order valence-electron chi connectivity index (χ2n) is 7.34. The van der Waals surface area contributed by atoms with Crippen LogP contribution in [0.3, 0.4) is 0 Å². The Morgan fingerprint density at radius 3 is 1.70 bits per heavy atom. The molecule has 0 unspecified atom stereocenters. The number of hydrogen-bond acceptors (Lipinski definition) is 5. The normalized spacial score (nSPS) is 15.8. The van der Waals surface area contributed by atoms with Gasteiger partial charge in [0.15, 0.2) is 0 Å². The minimum absolute atomic E-state index is 0.0620. The number of nitrogens with zero attached hydrogens (tertiary/aromatic N) is 2.